The number of carbonyl (C=O) groups excluding carboxylic acids is 3. The molecule has 3 rings (SSSR count). The Morgan fingerprint density at radius 2 is 2.00 bits per heavy atom. The van der Waals surface area contributed by atoms with Crippen LogP contribution in [0.15, 0.2) is 24.3 Å². The van der Waals surface area contributed by atoms with Crippen molar-refractivity contribution in [2.45, 2.75) is 44.2 Å². The number of hydrogen-bond donors (Lipinski definition) is 2. The van der Waals surface area contributed by atoms with Gasteiger partial charge in [-0.2, -0.15) is 0 Å². The summed E-state index contributed by atoms with van der Waals surface area (Å²) >= 11 is 6.17. The molecule has 6 nitrogen and oxygen atoms in total. The number of urea groups is 1. The quantitative estimate of drug-likeness (QED) is 0.818. The van der Waals surface area contributed by atoms with Crippen molar-refractivity contribution in [3.63, 3.8) is 0 Å². The number of carbonyl (C=O) groups is 3. The molecule has 2 aliphatic rings. The Kier molecular flexibility index (Phi) is 4.49. The van der Waals surface area contributed by atoms with E-state index in [1.807, 2.05) is 0 Å². The monoisotopic (exact) mass is 349 g/mol. The second-order valence-corrected chi connectivity index (χ2v) is 6.88. The van der Waals surface area contributed by atoms with E-state index in [-0.39, 0.29) is 18.5 Å². The van der Waals surface area contributed by atoms with Gasteiger partial charge in [-0.25, -0.2) is 4.79 Å². The SMILES string of the molecule is CC1(c2ccccc2Cl)NC(=O)N(CC(=O)NC2CCCC2)C1=O. The van der Waals surface area contributed by atoms with E-state index in [2.05, 4.69) is 10.6 Å². The third kappa shape index (κ3) is 2.98. The molecule has 0 radical (unpaired) electrons. The highest BCUT2D eigenvalue weighted by molar-refractivity contribution is 6.32. The lowest BCUT2D eigenvalue weighted by molar-refractivity contribution is -0.135. The summed E-state index contributed by atoms with van der Waals surface area (Å²) in [5.74, 6) is -0.781. The number of imide groups is 1. The molecule has 1 aromatic carbocycles. The first-order valence-electron chi connectivity index (χ1n) is 8.10. The maximum Gasteiger partial charge on any atom is 0.325 e. The predicted octanol–water partition coefficient (Wildman–Crippen LogP) is 2.17. The number of nitrogens with zero attached hydrogens (tertiary/aromatic N) is 1. The van der Waals surface area contributed by atoms with Crippen LogP contribution in [0.4, 0.5) is 4.79 Å². The topological polar surface area (TPSA) is 78.5 Å². The first-order valence-corrected chi connectivity index (χ1v) is 8.48. The van der Waals surface area contributed by atoms with Crippen LogP contribution in [0.25, 0.3) is 0 Å². The Balaban J connectivity index is 1.74. The lowest BCUT2D eigenvalue weighted by atomic mass is 9.92. The van der Waals surface area contributed by atoms with E-state index in [9.17, 15) is 14.4 Å². The molecule has 1 saturated heterocycles. The van der Waals surface area contributed by atoms with Crippen LogP contribution < -0.4 is 10.6 Å². The molecule has 1 aromatic rings. The Bertz CT molecular complexity index is 687. The van der Waals surface area contributed by atoms with Gasteiger partial charge in [-0.1, -0.05) is 42.6 Å². The first-order chi connectivity index (χ1) is 11.4. The minimum Gasteiger partial charge on any atom is -0.352 e. The van der Waals surface area contributed by atoms with Crippen molar-refractivity contribution in [2.75, 3.05) is 6.54 Å². The highest BCUT2D eigenvalue weighted by atomic mass is 35.5. The molecule has 2 N–H and O–H groups in total. The van der Waals surface area contributed by atoms with Crippen molar-refractivity contribution < 1.29 is 14.4 Å². The van der Waals surface area contributed by atoms with Crippen molar-refractivity contribution in [1.29, 1.82) is 0 Å². The average Bonchev–Trinajstić information content (AvgIpc) is 3.11. The van der Waals surface area contributed by atoms with Gasteiger partial charge >= 0.3 is 6.03 Å². The fourth-order valence-electron chi connectivity index (χ4n) is 3.38. The third-order valence-electron chi connectivity index (χ3n) is 4.71. The molecule has 1 saturated carbocycles. The molecule has 2 fully saturated rings. The third-order valence-corrected chi connectivity index (χ3v) is 5.04. The largest absolute Gasteiger partial charge is 0.352 e. The fourth-order valence-corrected chi connectivity index (χ4v) is 3.70. The number of rotatable bonds is 4. The molecule has 1 atom stereocenters. The lowest BCUT2D eigenvalue weighted by Crippen LogP contribution is -2.45. The van der Waals surface area contributed by atoms with Gasteiger partial charge in [0.15, 0.2) is 0 Å². The van der Waals surface area contributed by atoms with Gasteiger partial charge in [-0.15, -0.1) is 0 Å². The zero-order valence-corrected chi connectivity index (χ0v) is 14.2. The normalized spacial score (nSPS) is 24.3. The summed E-state index contributed by atoms with van der Waals surface area (Å²) in [7, 11) is 0. The minimum absolute atomic E-state index is 0.146. The Morgan fingerprint density at radius 3 is 2.67 bits per heavy atom. The summed E-state index contributed by atoms with van der Waals surface area (Å²) in [4.78, 5) is 38.1. The summed E-state index contributed by atoms with van der Waals surface area (Å²) in [5, 5.41) is 5.94. The molecule has 4 amide bonds. The highest BCUT2D eigenvalue weighted by Crippen LogP contribution is 2.33. The van der Waals surface area contributed by atoms with Gasteiger partial charge in [0.05, 0.1) is 0 Å². The van der Waals surface area contributed by atoms with Crippen molar-refractivity contribution >= 4 is 29.4 Å². The van der Waals surface area contributed by atoms with E-state index < -0.39 is 17.5 Å². The molecule has 0 aromatic heterocycles. The maximum absolute atomic E-state index is 12.8. The van der Waals surface area contributed by atoms with Crippen molar-refractivity contribution in [3.8, 4) is 0 Å². The van der Waals surface area contributed by atoms with E-state index in [0.717, 1.165) is 30.6 Å². The average molecular weight is 350 g/mol. The number of amides is 4. The van der Waals surface area contributed by atoms with Crippen LogP contribution in [0.5, 0.6) is 0 Å². The minimum atomic E-state index is -1.26. The zero-order chi connectivity index (χ0) is 17.3. The molecule has 1 aliphatic carbocycles. The summed E-state index contributed by atoms with van der Waals surface area (Å²) < 4.78 is 0. The van der Waals surface area contributed by atoms with Crippen molar-refractivity contribution in [3.05, 3.63) is 34.9 Å². The predicted molar refractivity (Wildman–Crippen MR) is 89.4 cm³/mol. The molecule has 1 aliphatic heterocycles. The highest BCUT2D eigenvalue weighted by Gasteiger charge is 2.50. The molecule has 0 bridgehead atoms. The molecular weight excluding hydrogens is 330 g/mol. The van der Waals surface area contributed by atoms with Crippen LogP contribution in [0.1, 0.15) is 38.2 Å². The van der Waals surface area contributed by atoms with Gasteiger partial charge < -0.3 is 10.6 Å². The summed E-state index contributed by atoms with van der Waals surface area (Å²) in [6.07, 6.45) is 4.09. The molecule has 1 unspecified atom stereocenters. The van der Waals surface area contributed by atoms with E-state index in [0.29, 0.717) is 10.6 Å². The van der Waals surface area contributed by atoms with Gasteiger partial charge in [-0.05, 0) is 25.8 Å². The second-order valence-electron chi connectivity index (χ2n) is 6.48. The van der Waals surface area contributed by atoms with E-state index in [1.54, 1.807) is 31.2 Å². The van der Waals surface area contributed by atoms with E-state index in [4.69, 9.17) is 11.6 Å². The van der Waals surface area contributed by atoms with Crippen LogP contribution >= 0.6 is 11.6 Å². The first kappa shape index (κ1) is 16.8. The number of benzene rings is 1. The van der Waals surface area contributed by atoms with Crippen molar-refractivity contribution in [2.24, 2.45) is 0 Å². The van der Waals surface area contributed by atoms with E-state index in [1.165, 1.54) is 0 Å². The van der Waals surface area contributed by atoms with Gasteiger partial charge in [-0.3, -0.25) is 14.5 Å². The van der Waals surface area contributed by atoms with Crippen LogP contribution in [-0.2, 0) is 15.1 Å². The molecule has 128 valence electrons. The van der Waals surface area contributed by atoms with Crippen LogP contribution in [-0.4, -0.2) is 35.3 Å². The second kappa shape index (κ2) is 6.43. The number of hydrogen-bond acceptors (Lipinski definition) is 3. The van der Waals surface area contributed by atoms with Crippen LogP contribution in [0, 0.1) is 0 Å². The smallest absolute Gasteiger partial charge is 0.325 e. The van der Waals surface area contributed by atoms with Gasteiger partial charge in [0.25, 0.3) is 5.91 Å². The Labute approximate surface area is 145 Å². The number of nitrogens with one attached hydrogen (secondary N) is 2. The summed E-state index contributed by atoms with van der Waals surface area (Å²) in [5.41, 5.74) is -0.744. The molecule has 1 heterocycles. The van der Waals surface area contributed by atoms with Gasteiger partial charge in [0.1, 0.15) is 12.1 Å². The maximum atomic E-state index is 12.8. The van der Waals surface area contributed by atoms with Crippen LogP contribution in [0.2, 0.25) is 5.02 Å². The number of halogens is 1. The van der Waals surface area contributed by atoms with E-state index >= 15 is 0 Å². The summed E-state index contributed by atoms with van der Waals surface area (Å²) in [6, 6.07) is 6.43. The van der Waals surface area contributed by atoms with Gasteiger partial charge in [0, 0.05) is 16.6 Å². The van der Waals surface area contributed by atoms with Crippen LogP contribution in [0.3, 0.4) is 0 Å². The lowest BCUT2D eigenvalue weighted by Gasteiger charge is -2.23. The fraction of sp³-hybridized carbons (Fsp3) is 0.471. The molecule has 24 heavy (non-hydrogen) atoms. The molecule has 0 spiro atoms. The molecule has 7 heteroatoms. The Morgan fingerprint density at radius 1 is 1.33 bits per heavy atom. The van der Waals surface area contributed by atoms with Gasteiger partial charge in [0.2, 0.25) is 5.91 Å². The summed E-state index contributed by atoms with van der Waals surface area (Å²) in [6.45, 7) is 1.32. The standard InChI is InChI=1S/C17H20ClN3O3/c1-17(12-8-4-5-9-13(12)18)15(23)21(16(24)20-17)10-14(22)19-11-6-2-3-7-11/h4-5,8-9,11H,2-3,6-7,10H2,1H3,(H,19,22)(H,20,24). The Hall–Kier alpha value is -2.08. The molecular formula is C17H20ClN3O3. The zero-order valence-electron chi connectivity index (χ0n) is 13.5. The van der Waals surface area contributed by atoms with Crippen molar-refractivity contribution in [1.82, 2.24) is 15.5 Å².